The summed E-state index contributed by atoms with van der Waals surface area (Å²) in [5, 5.41) is 8.42. The maximum absolute atomic E-state index is 14.4. The highest BCUT2D eigenvalue weighted by Gasteiger charge is 2.23. The third-order valence-corrected chi connectivity index (χ3v) is 4.59. The van der Waals surface area contributed by atoms with Gasteiger partial charge in [-0.2, -0.15) is 5.10 Å². The second kappa shape index (κ2) is 6.90. The van der Waals surface area contributed by atoms with Crippen LogP contribution in [0.4, 0.5) is 14.6 Å². The van der Waals surface area contributed by atoms with Gasteiger partial charge in [0.2, 0.25) is 0 Å². The van der Waals surface area contributed by atoms with Crippen LogP contribution in [0.2, 0.25) is 0 Å². The van der Waals surface area contributed by atoms with Crippen molar-refractivity contribution in [1.29, 1.82) is 0 Å². The van der Waals surface area contributed by atoms with E-state index in [4.69, 9.17) is 10.3 Å². The molecule has 3 aromatic rings. The van der Waals surface area contributed by atoms with Crippen LogP contribution in [0.1, 0.15) is 19.8 Å². The monoisotopic (exact) mass is 372 g/mol. The van der Waals surface area contributed by atoms with E-state index in [0.29, 0.717) is 35.0 Å². The molecular weight excluding hydrogens is 354 g/mol. The molecule has 4 rings (SSSR count). The Morgan fingerprint density at radius 3 is 2.93 bits per heavy atom. The minimum Gasteiger partial charge on any atom is -0.381 e. The van der Waals surface area contributed by atoms with Gasteiger partial charge in [-0.05, 0) is 30.4 Å². The fourth-order valence-corrected chi connectivity index (χ4v) is 3.17. The maximum atomic E-state index is 14.4. The Kier molecular flexibility index (Phi) is 4.43. The van der Waals surface area contributed by atoms with E-state index >= 15 is 0 Å². The predicted molar refractivity (Wildman–Crippen MR) is 94.5 cm³/mol. The standard InChI is InChI=1S/C18H18F2N6O/c1-10-2-3-12(19)11(6-10)9-26-16(14-4-5-27-25-14)7-15(24-26)18-22-8-13(20)17(21)23-18/h4-8,10,12H,2-3,9H2,1H3,(H2,21,22,23). The molecule has 2 atom stereocenters. The summed E-state index contributed by atoms with van der Waals surface area (Å²) in [5.74, 6) is -0.459. The highest BCUT2D eigenvalue weighted by molar-refractivity contribution is 5.63. The zero-order valence-electron chi connectivity index (χ0n) is 14.6. The summed E-state index contributed by atoms with van der Waals surface area (Å²) in [6, 6.07) is 3.38. The Morgan fingerprint density at radius 1 is 1.33 bits per heavy atom. The third-order valence-electron chi connectivity index (χ3n) is 4.59. The number of anilines is 1. The second-order valence-electron chi connectivity index (χ2n) is 6.65. The number of rotatable bonds is 4. The van der Waals surface area contributed by atoms with Gasteiger partial charge in [0.1, 0.15) is 23.8 Å². The molecule has 0 aromatic carbocycles. The van der Waals surface area contributed by atoms with Gasteiger partial charge in [-0.3, -0.25) is 4.68 Å². The molecule has 27 heavy (non-hydrogen) atoms. The van der Waals surface area contributed by atoms with Crippen molar-refractivity contribution in [3.8, 4) is 22.9 Å². The SMILES string of the molecule is CC1C=C(Cn2nc(-c3ncc(F)c(N)n3)cc2-c2ccon2)C(F)CC1. The van der Waals surface area contributed by atoms with E-state index in [2.05, 4.69) is 27.1 Å². The summed E-state index contributed by atoms with van der Waals surface area (Å²) in [4.78, 5) is 7.88. The van der Waals surface area contributed by atoms with Crippen molar-refractivity contribution < 1.29 is 13.3 Å². The largest absolute Gasteiger partial charge is 0.381 e. The van der Waals surface area contributed by atoms with Gasteiger partial charge in [-0.25, -0.2) is 18.7 Å². The van der Waals surface area contributed by atoms with E-state index in [9.17, 15) is 8.78 Å². The predicted octanol–water partition coefficient (Wildman–Crippen LogP) is 3.41. The van der Waals surface area contributed by atoms with Crippen molar-refractivity contribution in [3.63, 3.8) is 0 Å². The first kappa shape index (κ1) is 17.3. The number of nitrogens with zero attached hydrogens (tertiary/aromatic N) is 5. The van der Waals surface area contributed by atoms with Crippen LogP contribution in [-0.4, -0.2) is 31.1 Å². The summed E-state index contributed by atoms with van der Waals surface area (Å²) in [6.07, 6.45) is 4.71. The lowest BCUT2D eigenvalue weighted by Crippen LogP contribution is -2.19. The van der Waals surface area contributed by atoms with Crippen LogP contribution in [-0.2, 0) is 6.54 Å². The Hall–Kier alpha value is -3.10. The quantitative estimate of drug-likeness (QED) is 0.705. The lowest BCUT2D eigenvalue weighted by Gasteiger charge is -2.22. The van der Waals surface area contributed by atoms with Crippen LogP contribution in [0.3, 0.4) is 0 Å². The topological polar surface area (TPSA) is 95.7 Å². The number of nitrogens with two attached hydrogens (primary N) is 1. The molecule has 0 saturated carbocycles. The van der Waals surface area contributed by atoms with Crippen molar-refractivity contribution in [1.82, 2.24) is 24.9 Å². The van der Waals surface area contributed by atoms with E-state index in [0.717, 1.165) is 12.6 Å². The molecule has 7 nitrogen and oxygen atoms in total. The van der Waals surface area contributed by atoms with Gasteiger partial charge in [0.15, 0.2) is 17.5 Å². The van der Waals surface area contributed by atoms with Gasteiger partial charge >= 0.3 is 0 Å². The van der Waals surface area contributed by atoms with Crippen molar-refractivity contribution in [2.45, 2.75) is 32.5 Å². The Morgan fingerprint density at radius 2 is 2.19 bits per heavy atom. The average Bonchev–Trinajstić information content (AvgIpc) is 3.30. The van der Waals surface area contributed by atoms with Crippen LogP contribution < -0.4 is 5.73 Å². The molecule has 1 aliphatic carbocycles. The van der Waals surface area contributed by atoms with E-state index in [-0.39, 0.29) is 18.2 Å². The molecule has 0 fully saturated rings. The van der Waals surface area contributed by atoms with Crippen molar-refractivity contribution >= 4 is 5.82 Å². The summed E-state index contributed by atoms with van der Waals surface area (Å²) >= 11 is 0. The van der Waals surface area contributed by atoms with Gasteiger partial charge in [0.05, 0.1) is 18.4 Å². The molecule has 0 saturated heterocycles. The molecule has 140 valence electrons. The number of nitrogen functional groups attached to an aromatic ring is 1. The molecule has 2 N–H and O–H groups in total. The minimum atomic E-state index is -1.00. The zero-order valence-corrected chi connectivity index (χ0v) is 14.6. The van der Waals surface area contributed by atoms with Crippen molar-refractivity contribution in [2.24, 2.45) is 5.92 Å². The number of halogens is 2. The van der Waals surface area contributed by atoms with E-state index in [1.54, 1.807) is 16.8 Å². The second-order valence-corrected chi connectivity index (χ2v) is 6.65. The summed E-state index contributed by atoms with van der Waals surface area (Å²) < 4.78 is 34.3. The van der Waals surface area contributed by atoms with Gasteiger partial charge in [-0.15, -0.1) is 0 Å². The zero-order chi connectivity index (χ0) is 19.0. The summed E-state index contributed by atoms with van der Waals surface area (Å²) in [7, 11) is 0. The number of alkyl halides is 1. The molecular formula is C18H18F2N6O. The first-order chi connectivity index (χ1) is 13.0. The van der Waals surface area contributed by atoms with Crippen molar-refractivity contribution in [3.05, 3.63) is 42.1 Å². The molecule has 3 aromatic heterocycles. The molecule has 0 spiro atoms. The lowest BCUT2D eigenvalue weighted by atomic mass is 9.90. The molecule has 0 radical (unpaired) electrons. The highest BCUT2D eigenvalue weighted by atomic mass is 19.1. The van der Waals surface area contributed by atoms with Gasteiger partial charge in [0, 0.05) is 6.07 Å². The Labute approximate surface area is 153 Å². The Balaban J connectivity index is 1.75. The number of allylic oxidation sites excluding steroid dienone is 2. The van der Waals surface area contributed by atoms with Crippen LogP contribution in [0.25, 0.3) is 22.9 Å². The summed E-state index contributed by atoms with van der Waals surface area (Å²) in [6.45, 7) is 2.33. The number of hydrogen-bond acceptors (Lipinski definition) is 6. The van der Waals surface area contributed by atoms with Crippen LogP contribution in [0.5, 0.6) is 0 Å². The molecule has 2 unspecified atom stereocenters. The van der Waals surface area contributed by atoms with E-state index in [1.807, 2.05) is 6.08 Å². The van der Waals surface area contributed by atoms with Crippen LogP contribution >= 0.6 is 0 Å². The molecule has 0 aliphatic heterocycles. The highest BCUT2D eigenvalue weighted by Crippen LogP contribution is 2.29. The fraction of sp³-hybridized carbons (Fsp3) is 0.333. The maximum Gasteiger partial charge on any atom is 0.183 e. The van der Waals surface area contributed by atoms with Gasteiger partial charge in [0.25, 0.3) is 0 Å². The lowest BCUT2D eigenvalue weighted by molar-refractivity contribution is 0.310. The fourth-order valence-electron chi connectivity index (χ4n) is 3.17. The minimum absolute atomic E-state index is 0.181. The molecule has 0 amide bonds. The molecule has 9 heteroatoms. The first-order valence-electron chi connectivity index (χ1n) is 8.63. The molecule has 0 bridgehead atoms. The van der Waals surface area contributed by atoms with Crippen LogP contribution in [0.15, 0.2) is 40.8 Å². The number of aromatic nitrogens is 5. The Bertz CT molecular complexity index is 982. The van der Waals surface area contributed by atoms with E-state index in [1.165, 1.54) is 6.26 Å². The average molecular weight is 372 g/mol. The summed E-state index contributed by atoms with van der Waals surface area (Å²) in [5.41, 5.74) is 7.76. The normalized spacial score (nSPS) is 19.9. The number of hydrogen-bond donors (Lipinski definition) is 1. The first-order valence-corrected chi connectivity index (χ1v) is 8.63. The molecule has 3 heterocycles. The smallest absolute Gasteiger partial charge is 0.183 e. The molecule has 1 aliphatic rings. The van der Waals surface area contributed by atoms with E-state index < -0.39 is 12.0 Å². The van der Waals surface area contributed by atoms with Crippen LogP contribution in [0, 0.1) is 11.7 Å². The third kappa shape index (κ3) is 3.44. The van der Waals surface area contributed by atoms with Crippen molar-refractivity contribution in [2.75, 3.05) is 5.73 Å². The van der Waals surface area contributed by atoms with Gasteiger partial charge in [-0.1, -0.05) is 18.2 Å². The van der Waals surface area contributed by atoms with Gasteiger partial charge < -0.3 is 10.3 Å².